The smallest absolute Gasteiger partial charge is 0.326 e. The summed E-state index contributed by atoms with van der Waals surface area (Å²) in [7, 11) is 0. The molecular formula is C66H106N14O14. The number of amides is 11. The molecule has 11 amide bonds. The van der Waals surface area contributed by atoms with E-state index in [4.69, 9.17) is 17.2 Å². The Morgan fingerprint density at radius 2 is 0.926 bits per heavy atom. The van der Waals surface area contributed by atoms with Crippen LogP contribution in [0.25, 0.3) is 0 Å². The van der Waals surface area contributed by atoms with Crippen LogP contribution in [-0.2, 0) is 70.4 Å². The van der Waals surface area contributed by atoms with E-state index in [0.717, 1.165) is 0 Å². The van der Waals surface area contributed by atoms with Gasteiger partial charge >= 0.3 is 5.97 Å². The number of hydrogen-bond donors (Lipinski definition) is 15. The number of carbonyl (C=O) groups is 12. The summed E-state index contributed by atoms with van der Waals surface area (Å²) in [6, 6.07) is 5.26. The fraction of sp³-hybridized carbons (Fsp3) is 0.636. The van der Waals surface area contributed by atoms with E-state index in [-0.39, 0.29) is 75.8 Å². The number of aliphatic carboxylic acids is 1. The molecule has 28 nitrogen and oxygen atoms in total. The topological polar surface area (TPSA) is 447 Å². The van der Waals surface area contributed by atoms with Gasteiger partial charge in [0.15, 0.2) is 0 Å². The maximum absolute atomic E-state index is 14.8. The summed E-state index contributed by atoms with van der Waals surface area (Å²) >= 11 is 0. The maximum Gasteiger partial charge on any atom is 0.326 e. The van der Waals surface area contributed by atoms with Crippen molar-refractivity contribution >= 4 is 70.9 Å². The molecule has 3 rings (SSSR count). The van der Waals surface area contributed by atoms with Gasteiger partial charge in [0.1, 0.15) is 54.4 Å². The van der Waals surface area contributed by atoms with Gasteiger partial charge in [0.25, 0.3) is 0 Å². The molecule has 94 heavy (non-hydrogen) atoms. The molecule has 2 aromatic rings. The standard InChI is InChI=1S/C66H106N14O14/c1-38(2)31-45(69)57(84)75-48(32-39(3)4)58(85)70-36-53(82)72-49(33-40(5)6)60(87)76-50(34-43-21-12-10-13-22-43)61(88)77-51(35-44-23-14-11-15-24-44)62(89)79-55(41(7)8)65(92)80-30-20-27-52(80)63(90)71-37-54(83)78-56(42(9)81)64(91)73-46(25-16-18-28-67)59(86)74-47(66(93)94)26-17-19-29-68/h10-15,21-24,38-42,45-52,55-56,81H,16-20,25-37,67-69H2,1-9H3,(H,70,85)(H,71,90)(H,72,82)(H,73,91)(H,74,86)(H,75,84)(H,76,87)(H,77,88)(H,78,83)(H,79,89)(H,93,94)/t42-,45+,46+,47+,48+,49+,50+,51+,52+,55+,56+/m1/s1. The number of hydrogen-bond acceptors (Lipinski definition) is 16. The van der Waals surface area contributed by atoms with Crippen molar-refractivity contribution in [3.8, 4) is 0 Å². The molecule has 2 aromatic carbocycles. The highest BCUT2D eigenvalue weighted by Gasteiger charge is 2.41. The van der Waals surface area contributed by atoms with Gasteiger partial charge in [0.05, 0.1) is 25.2 Å². The Morgan fingerprint density at radius 3 is 1.41 bits per heavy atom. The molecule has 524 valence electrons. The average molecular weight is 1320 g/mol. The number of likely N-dealkylation sites (tertiary alicyclic amines) is 1. The van der Waals surface area contributed by atoms with Crippen LogP contribution in [0.15, 0.2) is 60.7 Å². The van der Waals surface area contributed by atoms with Crippen LogP contribution in [-0.4, -0.2) is 185 Å². The van der Waals surface area contributed by atoms with Crippen LogP contribution in [0, 0.1) is 23.7 Å². The number of carbonyl (C=O) groups excluding carboxylic acids is 11. The molecule has 1 aliphatic heterocycles. The molecule has 0 aliphatic carbocycles. The van der Waals surface area contributed by atoms with Crippen molar-refractivity contribution in [2.75, 3.05) is 32.7 Å². The molecule has 0 saturated carbocycles. The molecular weight excluding hydrogens is 1210 g/mol. The predicted octanol–water partition coefficient (Wildman–Crippen LogP) is -0.581. The van der Waals surface area contributed by atoms with Gasteiger partial charge in [-0.2, -0.15) is 0 Å². The Bertz CT molecular complexity index is 2790. The van der Waals surface area contributed by atoms with E-state index in [1.165, 1.54) is 11.8 Å². The van der Waals surface area contributed by atoms with Gasteiger partial charge in [0, 0.05) is 19.4 Å². The van der Waals surface area contributed by atoms with Crippen molar-refractivity contribution < 1.29 is 67.7 Å². The zero-order valence-corrected chi connectivity index (χ0v) is 56.1. The lowest BCUT2D eigenvalue weighted by Gasteiger charge is -2.32. The second-order valence-electron chi connectivity index (χ2n) is 25.8. The number of benzene rings is 2. The van der Waals surface area contributed by atoms with Crippen LogP contribution in [0.5, 0.6) is 0 Å². The minimum Gasteiger partial charge on any atom is -0.480 e. The molecule has 1 saturated heterocycles. The molecule has 0 radical (unpaired) electrons. The molecule has 18 N–H and O–H groups in total. The fourth-order valence-electron chi connectivity index (χ4n) is 10.7. The summed E-state index contributed by atoms with van der Waals surface area (Å²) in [6.45, 7) is 15.3. The zero-order chi connectivity index (χ0) is 70.2. The van der Waals surface area contributed by atoms with Crippen molar-refractivity contribution in [3.05, 3.63) is 71.8 Å². The summed E-state index contributed by atoms with van der Waals surface area (Å²) < 4.78 is 0. The molecule has 1 heterocycles. The predicted molar refractivity (Wildman–Crippen MR) is 353 cm³/mol. The number of carboxylic acids is 1. The Hall–Kier alpha value is -8.08. The third kappa shape index (κ3) is 28.6. The van der Waals surface area contributed by atoms with Gasteiger partial charge in [-0.1, -0.05) is 116 Å². The van der Waals surface area contributed by atoms with E-state index in [0.29, 0.717) is 56.2 Å². The lowest BCUT2D eigenvalue weighted by molar-refractivity contribution is -0.143. The number of rotatable bonds is 42. The highest BCUT2D eigenvalue weighted by molar-refractivity contribution is 5.99. The minimum absolute atomic E-state index is 0.0134. The van der Waals surface area contributed by atoms with Gasteiger partial charge in [-0.3, -0.25) is 52.7 Å². The van der Waals surface area contributed by atoms with Gasteiger partial charge in [-0.25, -0.2) is 4.79 Å². The number of nitrogens with one attached hydrogen (secondary N) is 10. The summed E-state index contributed by atoms with van der Waals surface area (Å²) in [6.07, 6.45) is 1.60. The summed E-state index contributed by atoms with van der Waals surface area (Å²) in [5.74, 6) is -10.1. The van der Waals surface area contributed by atoms with Crippen molar-refractivity contribution in [2.45, 2.75) is 212 Å². The summed E-state index contributed by atoms with van der Waals surface area (Å²) in [4.78, 5) is 166. The first kappa shape index (κ1) is 80.2. The third-order valence-corrected chi connectivity index (χ3v) is 15.7. The Labute approximate surface area is 552 Å². The number of unbranched alkanes of at least 4 members (excludes halogenated alkanes) is 2. The lowest BCUT2D eigenvalue weighted by atomic mass is 9.99. The first-order valence-corrected chi connectivity index (χ1v) is 32.9. The quantitative estimate of drug-likeness (QED) is 0.0370. The highest BCUT2D eigenvalue weighted by atomic mass is 16.4. The summed E-state index contributed by atoms with van der Waals surface area (Å²) in [5.41, 5.74) is 18.6. The van der Waals surface area contributed by atoms with Gasteiger partial charge < -0.3 is 85.5 Å². The highest BCUT2D eigenvalue weighted by Crippen LogP contribution is 2.21. The third-order valence-electron chi connectivity index (χ3n) is 15.7. The zero-order valence-electron chi connectivity index (χ0n) is 56.1. The minimum atomic E-state index is -1.63. The fourth-order valence-corrected chi connectivity index (χ4v) is 10.7. The molecule has 0 spiro atoms. The number of aliphatic hydroxyl groups is 1. The molecule has 28 heteroatoms. The van der Waals surface area contributed by atoms with E-state index in [1.54, 1.807) is 74.5 Å². The van der Waals surface area contributed by atoms with E-state index >= 15 is 0 Å². The first-order chi connectivity index (χ1) is 44.5. The normalized spacial score (nSPS) is 16.2. The molecule has 1 aliphatic rings. The van der Waals surface area contributed by atoms with Crippen molar-refractivity contribution in [1.29, 1.82) is 0 Å². The second kappa shape index (κ2) is 41.6. The number of aliphatic hydroxyl groups excluding tert-OH is 1. The molecule has 0 bridgehead atoms. The van der Waals surface area contributed by atoms with Crippen molar-refractivity contribution in [2.24, 2.45) is 40.9 Å². The Morgan fingerprint density at radius 1 is 0.489 bits per heavy atom. The van der Waals surface area contributed by atoms with Crippen LogP contribution in [0.4, 0.5) is 0 Å². The molecule has 1 fully saturated rings. The molecule has 0 unspecified atom stereocenters. The Balaban J connectivity index is 1.82. The molecule has 11 atom stereocenters. The van der Waals surface area contributed by atoms with Gasteiger partial charge in [-0.05, 0) is 125 Å². The van der Waals surface area contributed by atoms with Crippen LogP contribution in [0.1, 0.15) is 144 Å². The number of carboxylic acid groups (broad SMARTS) is 1. The van der Waals surface area contributed by atoms with E-state index in [1.807, 2.05) is 41.5 Å². The van der Waals surface area contributed by atoms with Gasteiger partial charge in [-0.15, -0.1) is 0 Å². The van der Waals surface area contributed by atoms with Gasteiger partial charge in [0.2, 0.25) is 65.0 Å². The number of nitrogens with two attached hydrogens (primary N) is 3. The second-order valence-corrected chi connectivity index (χ2v) is 25.8. The monoisotopic (exact) mass is 1320 g/mol. The number of nitrogens with zero attached hydrogens (tertiary/aromatic N) is 1. The van der Waals surface area contributed by atoms with Crippen molar-refractivity contribution in [3.63, 3.8) is 0 Å². The molecule has 0 aromatic heterocycles. The van der Waals surface area contributed by atoms with Crippen LogP contribution >= 0.6 is 0 Å². The first-order valence-electron chi connectivity index (χ1n) is 32.9. The van der Waals surface area contributed by atoms with E-state index in [2.05, 4.69) is 53.2 Å². The van der Waals surface area contributed by atoms with Crippen LogP contribution < -0.4 is 70.4 Å². The van der Waals surface area contributed by atoms with E-state index in [9.17, 15) is 67.7 Å². The van der Waals surface area contributed by atoms with E-state index < -0.39 is 156 Å². The van der Waals surface area contributed by atoms with Crippen molar-refractivity contribution in [1.82, 2.24) is 58.1 Å². The SMILES string of the molecule is CC(C)C[C@H](NC(=O)CNC(=O)[C@H](CC(C)C)NC(=O)[C@@H](N)CC(C)C)C(=O)N[C@@H](Cc1ccccc1)C(=O)N[C@@H](Cc1ccccc1)C(=O)N[C@H](C(=O)N1CCC[C@H]1C(=O)NCC(=O)N[C@H](C(=O)N[C@@H](CCCCN)C(=O)N[C@@H](CCCCN)C(=O)O)[C@@H](C)O)C(C)C. The van der Waals surface area contributed by atoms with Crippen LogP contribution in [0.3, 0.4) is 0 Å². The maximum atomic E-state index is 14.8. The average Bonchev–Trinajstić information content (AvgIpc) is 1.59. The summed E-state index contributed by atoms with van der Waals surface area (Å²) in [5, 5.41) is 46.7. The Kier molecular flexibility index (Phi) is 35.5. The lowest BCUT2D eigenvalue weighted by Crippen LogP contribution is -2.61. The van der Waals surface area contributed by atoms with Crippen LogP contribution in [0.2, 0.25) is 0 Å². The largest absolute Gasteiger partial charge is 0.480 e.